The van der Waals surface area contributed by atoms with E-state index in [2.05, 4.69) is 15.3 Å². The van der Waals surface area contributed by atoms with Crippen molar-refractivity contribution in [3.05, 3.63) is 59.4 Å². The molecule has 0 bridgehead atoms. The Labute approximate surface area is 174 Å². The van der Waals surface area contributed by atoms with Crippen LogP contribution >= 0.6 is 0 Å². The molecule has 1 unspecified atom stereocenters. The van der Waals surface area contributed by atoms with Crippen molar-refractivity contribution in [3.63, 3.8) is 0 Å². The lowest BCUT2D eigenvalue weighted by molar-refractivity contribution is 0.0937. The molecule has 9 heteroatoms. The highest BCUT2D eigenvalue weighted by Crippen LogP contribution is 2.48. The monoisotopic (exact) mass is 431 g/mol. The van der Waals surface area contributed by atoms with E-state index in [-0.39, 0.29) is 23.2 Å². The number of ether oxygens (including phenoxy) is 1. The van der Waals surface area contributed by atoms with Crippen LogP contribution in [0.15, 0.2) is 48.0 Å². The topological polar surface area (TPSA) is 98.2 Å². The van der Waals surface area contributed by atoms with Crippen LogP contribution in [0.4, 0.5) is 4.39 Å². The number of para-hydroxylation sites is 1. The van der Waals surface area contributed by atoms with Gasteiger partial charge in [0.1, 0.15) is 11.3 Å². The zero-order chi connectivity index (χ0) is 21.4. The number of benzene rings is 1. The summed E-state index contributed by atoms with van der Waals surface area (Å²) in [7, 11) is -3.31. The molecule has 2 aliphatic carbocycles. The summed E-state index contributed by atoms with van der Waals surface area (Å²) >= 11 is 0. The van der Waals surface area contributed by atoms with E-state index < -0.39 is 27.5 Å². The van der Waals surface area contributed by atoms with Gasteiger partial charge in [-0.1, -0.05) is 24.3 Å². The maximum absolute atomic E-state index is 14.5. The Morgan fingerprint density at radius 1 is 1.30 bits per heavy atom. The zero-order valence-corrected chi connectivity index (χ0v) is 17.2. The molecule has 1 amide bonds. The molecule has 1 aromatic heterocycles. The molecule has 1 N–H and O–H groups in total. The molecule has 0 saturated heterocycles. The van der Waals surface area contributed by atoms with Crippen LogP contribution in [-0.4, -0.2) is 36.6 Å². The SMILES string of the molecule is CS(=O)(=O)C=CC(NC(=O)c1cnc(C2(F)CC2)nc1Oc1ccccc1)C1CC1. The molecular weight excluding hydrogens is 409 g/mol. The van der Waals surface area contributed by atoms with Gasteiger partial charge in [0.15, 0.2) is 21.3 Å². The molecule has 2 aromatic rings. The summed E-state index contributed by atoms with van der Waals surface area (Å²) in [5.41, 5.74) is -1.51. The Hall–Kier alpha value is -2.81. The quantitative estimate of drug-likeness (QED) is 0.689. The fourth-order valence-corrected chi connectivity index (χ4v) is 3.44. The van der Waals surface area contributed by atoms with Gasteiger partial charge in [0.25, 0.3) is 5.91 Å². The lowest BCUT2D eigenvalue weighted by atomic mass is 10.1. The van der Waals surface area contributed by atoms with Crippen LogP contribution in [0.5, 0.6) is 11.6 Å². The molecule has 1 heterocycles. The van der Waals surface area contributed by atoms with Crippen molar-refractivity contribution in [1.82, 2.24) is 15.3 Å². The largest absolute Gasteiger partial charge is 0.438 e. The van der Waals surface area contributed by atoms with Crippen LogP contribution < -0.4 is 10.1 Å². The van der Waals surface area contributed by atoms with E-state index in [9.17, 15) is 17.6 Å². The highest BCUT2D eigenvalue weighted by atomic mass is 32.2. The third-order valence-electron chi connectivity index (χ3n) is 5.01. The Bertz CT molecular complexity index is 1080. The van der Waals surface area contributed by atoms with E-state index >= 15 is 0 Å². The average Bonchev–Trinajstić information content (AvgIpc) is 3.62. The van der Waals surface area contributed by atoms with Crippen molar-refractivity contribution in [2.24, 2.45) is 5.92 Å². The van der Waals surface area contributed by atoms with Gasteiger partial charge >= 0.3 is 0 Å². The molecule has 1 atom stereocenters. The van der Waals surface area contributed by atoms with Crippen LogP contribution in [0, 0.1) is 5.92 Å². The fraction of sp³-hybridized carbons (Fsp3) is 0.381. The first kappa shape index (κ1) is 20.5. The standard InChI is InChI=1S/C21H22FN3O4S/c1-30(27,28)12-9-17(14-7-8-14)24-18(26)16-13-23-20(21(22)10-11-21)25-19(16)29-15-5-3-2-4-6-15/h2-6,9,12-14,17H,7-8,10-11H2,1H3,(H,24,26). The third kappa shape index (κ3) is 5.02. The number of carbonyl (C=O) groups excluding carboxylic acids is 1. The van der Waals surface area contributed by atoms with Gasteiger partial charge in [-0.15, -0.1) is 0 Å². The maximum Gasteiger partial charge on any atom is 0.258 e. The Balaban J connectivity index is 1.61. The second-order valence-corrected chi connectivity index (χ2v) is 9.72. The zero-order valence-electron chi connectivity index (χ0n) is 16.4. The Morgan fingerprint density at radius 3 is 2.60 bits per heavy atom. The minimum absolute atomic E-state index is 0.000645. The van der Waals surface area contributed by atoms with Crippen molar-refractivity contribution in [2.75, 3.05) is 6.26 Å². The predicted molar refractivity (Wildman–Crippen MR) is 109 cm³/mol. The third-order valence-corrected chi connectivity index (χ3v) is 5.66. The number of rotatable bonds is 8. The van der Waals surface area contributed by atoms with Crippen LogP contribution in [0.1, 0.15) is 41.9 Å². The van der Waals surface area contributed by atoms with Crippen LogP contribution in [0.2, 0.25) is 0 Å². The molecule has 0 radical (unpaired) electrons. The van der Waals surface area contributed by atoms with Gasteiger partial charge in [-0.05, 0) is 43.7 Å². The fourth-order valence-electron chi connectivity index (χ4n) is 2.98. The van der Waals surface area contributed by atoms with Crippen LogP contribution in [-0.2, 0) is 15.5 Å². The molecule has 7 nitrogen and oxygen atoms in total. The number of sulfone groups is 1. The molecule has 2 fully saturated rings. The number of carbonyl (C=O) groups is 1. The number of halogens is 1. The number of nitrogens with one attached hydrogen (secondary N) is 1. The molecule has 158 valence electrons. The molecule has 0 aliphatic heterocycles. The van der Waals surface area contributed by atoms with Gasteiger partial charge < -0.3 is 10.1 Å². The second-order valence-electron chi connectivity index (χ2n) is 7.79. The molecule has 4 rings (SSSR count). The van der Waals surface area contributed by atoms with Gasteiger partial charge in [-0.2, -0.15) is 4.98 Å². The summed E-state index contributed by atoms with van der Waals surface area (Å²) in [6.07, 6.45) is 6.31. The summed E-state index contributed by atoms with van der Waals surface area (Å²) in [6, 6.07) is 8.33. The van der Waals surface area contributed by atoms with E-state index in [1.165, 1.54) is 12.3 Å². The molecule has 2 saturated carbocycles. The lowest BCUT2D eigenvalue weighted by Gasteiger charge is -2.16. The second kappa shape index (κ2) is 7.79. The van der Waals surface area contributed by atoms with Gasteiger partial charge in [0, 0.05) is 17.9 Å². The molecule has 2 aliphatic rings. The van der Waals surface area contributed by atoms with E-state index in [0.717, 1.165) is 24.5 Å². The summed E-state index contributed by atoms with van der Waals surface area (Å²) in [5, 5.41) is 3.92. The van der Waals surface area contributed by atoms with Gasteiger partial charge in [-0.25, -0.2) is 17.8 Å². The van der Waals surface area contributed by atoms with Crippen molar-refractivity contribution in [2.45, 2.75) is 37.4 Å². The Kier molecular flexibility index (Phi) is 5.31. The summed E-state index contributed by atoms with van der Waals surface area (Å²) in [4.78, 5) is 21.2. The van der Waals surface area contributed by atoms with Crippen LogP contribution in [0.3, 0.4) is 0 Å². The lowest BCUT2D eigenvalue weighted by Crippen LogP contribution is -2.35. The van der Waals surface area contributed by atoms with Gasteiger partial charge in [0.05, 0.1) is 6.04 Å². The first-order chi connectivity index (χ1) is 14.2. The van der Waals surface area contributed by atoms with Crippen molar-refractivity contribution >= 4 is 15.7 Å². The Morgan fingerprint density at radius 2 is 2.00 bits per heavy atom. The number of hydrogen-bond acceptors (Lipinski definition) is 6. The smallest absolute Gasteiger partial charge is 0.258 e. The number of alkyl halides is 1. The highest BCUT2D eigenvalue weighted by Gasteiger charge is 2.48. The van der Waals surface area contributed by atoms with Gasteiger partial charge in [0.2, 0.25) is 5.88 Å². The number of amides is 1. The minimum atomic E-state index is -3.31. The number of hydrogen-bond donors (Lipinski definition) is 1. The predicted octanol–water partition coefficient (Wildman–Crippen LogP) is 3.29. The van der Waals surface area contributed by atoms with E-state index in [0.29, 0.717) is 18.6 Å². The highest BCUT2D eigenvalue weighted by molar-refractivity contribution is 7.93. The van der Waals surface area contributed by atoms with Gasteiger partial charge in [-0.3, -0.25) is 4.79 Å². The van der Waals surface area contributed by atoms with E-state index in [1.807, 2.05) is 6.07 Å². The first-order valence-corrected chi connectivity index (χ1v) is 11.7. The normalized spacial score (nSPS) is 18.7. The van der Waals surface area contributed by atoms with Crippen molar-refractivity contribution < 1.29 is 22.3 Å². The van der Waals surface area contributed by atoms with Crippen molar-refractivity contribution in [3.8, 4) is 11.6 Å². The summed E-state index contributed by atoms with van der Waals surface area (Å²) in [5.74, 6) is 0.0861. The number of nitrogens with zero attached hydrogens (tertiary/aromatic N) is 2. The average molecular weight is 431 g/mol. The van der Waals surface area contributed by atoms with E-state index in [1.54, 1.807) is 24.3 Å². The molecular formula is C21H22FN3O4S. The number of aromatic nitrogens is 2. The maximum atomic E-state index is 14.5. The first-order valence-electron chi connectivity index (χ1n) is 9.72. The summed E-state index contributed by atoms with van der Waals surface area (Å²) < 4.78 is 43.2. The summed E-state index contributed by atoms with van der Waals surface area (Å²) in [6.45, 7) is 0. The van der Waals surface area contributed by atoms with Crippen LogP contribution in [0.25, 0.3) is 0 Å². The van der Waals surface area contributed by atoms with Crippen molar-refractivity contribution in [1.29, 1.82) is 0 Å². The molecule has 1 aromatic carbocycles. The molecule has 30 heavy (non-hydrogen) atoms. The minimum Gasteiger partial charge on any atom is -0.438 e. The van der Waals surface area contributed by atoms with E-state index in [4.69, 9.17) is 4.74 Å². The molecule has 0 spiro atoms.